The van der Waals surface area contributed by atoms with E-state index in [0.717, 1.165) is 18.7 Å². The van der Waals surface area contributed by atoms with Crippen molar-refractivity contribution in [2.24, 2.45) is 5.41 Å². The Labute approximate surface area is 117 Å². The Morgan fingerprint density at radius 3 is 2.63 bits per heavy atom. The summed E-state index contributed by atoms with van der Waals surface area (Å²) in [4.78, 5) is 0. The smallest absolute Gasteiger partial charge is 0.0346 e. The van der Waals surface area contributed by atoms with Gasteiger partial charge in [0.1, 0.15) is 0 Å². The van der Waals surface area contributed by atoms with Crippen molar-refractivity contribution >= 4 is 5.69 Å². The molecule has 0 aliphatic heterocycles. The monoisotopic (exact) mass is 260 g/mol. The zero-order chi connectivity index (χ0) is 13.6. The lowest BCUT2D eigenvalue weighted by Crippen LogP contribution is -2.32. The maximum absolute atomic E-state index is 5.96. The molecule has 2 rings (SSSR count). The number of anilines is 1. The first-order valence-corrected chi connectivity index (χ1v) is 7.80. The Morgan fingerprint density at radius 1 is 1.21 bits per heavy atom. The number of aryl methyl sites for hydroxylation is 1. The number of nitrogen functional groups attached to an aromatic ring is 1. The second kappa shape index (κ2) is 6.95. The van der Waals surface area contributed by atoms with Crippen LogP contribution >= 0.6 is 0 Å². The van der Waals surface area contributed by atoms with Crippen molar-refractivity contribution in [2.75, 3.05) is 18.8 Å². The molecule has 0 saturated heterocycles. The minimum absolute atomic E-state index is 0.603. The molecular weight excluding hydrogens is 232 g/mol. The van der Waals surface area contributed by atoms with E-state index in [-0.39, 0.29) is 0 Å². The molecule has 2 heteroatoms. The third-order valence-electron chi connectivity index (χ3n) is 4.77. The summed E-state index contributed by atoms with van der Waals surface area (Å²) in [6.45, 7) is 4.65. The van der Waals surface area contributed by atoms with Crippen LogP contribution in [0.5, 0.6) is 0 Å². The molecule has 106 valence electrons. The lowest BCUT2D eigenvalue weighted by Gasteiger charge is -2.27. The van der Waals surface area contributed by atoms with Gasteiger partial charge in [0, 0.05) is 12.2 Å². The van der Waals surface area contributed by atoms with Gasteiger partial charge in [-0.2, -0.15) is 0 Å². The van der Waals surface area contributed by atoms with Crippen LogP contribution in [0.25, 0.3) is 0 Å². The SMILES string of the molecule is CCC1(CNCCCc2ccccc2N)CCCC1. The first kappa shape index (κ1) is 14.4. The summed E-state index contributed by atoms with van der Waals surface area (Å²) in [5.41, 5.74) is 8.78. The van der Waals surface area contributed by atoms with E-state index in [1.165, 1.54) is 50.6 Å². The standard InChI is InChI=1S/C17H28N2/c1-2-17(11-5-6-12-17)14-19-13-7-9-15-8-3-4-10-16(15)18/h3-4,8,10,19H,2,5-7,9,11-14,18H2,1H3. The highest BCUT2D eigenvalue weighted by molar-refractivity contribution is 5.46. The molecule has 0 spiro atoms. The number of nitrogens with two attached hydrogens (primary N) is 1. The van der Waals surface area contributed by atoms with Crippen LogP contribution in [0, 0.1) is 5.41 Å². The van der Waals surface area contributed by atoms with Gasteiger partial charge in [-0.25, -0.2) is 0 Å². The van der Waals surface area contributed by atoms with Gasteiger partial charge in [-0.1, -0.05) is 38.0 Å². The molecule has 1 aliphatic rings. The van der Waals surface area contributed by atoms with Gasteiger partial charge in [-0.15, -0.1) is 0 Å². The number of benzene rings is 1. The van der Waals surface area contributed by atoms with Gasteiger partial charge in [-0.05, 0) is 55.7 Å². The van der Waals surface area contributed by atoms with Crippen molar-refractivity contribution in [3.63, 3.8) is 0 Å². The highest BCUT2D eigenvalue weighted by Crippen LogP contribution is 2.40. The molecular formula is C17H28N2. The van der Waals surface area contributed by atoms with Crippen LogP contribution in [0.2, 0.25) is 0 Å². The summed E-state index contributed by atoms with van der Waals surface area (Å²) >= 11 is 0. The van der Waals surface area contributed by atoms with E-state index in [4.69, 9.17) is 5.73 Å². The molecule has 3 N–H and O–H groups in total. The zero-order valence-electron chi connectivity index (χ0n) is 12.3. The fourth-order valence-electron chi connectivity index (χ4n) is 3.30. The van der Waals surface area contributed by atoms with Crippen molar-refractivity contribution in [3.8, 4) is 0 Å². The summed E-state index contributed by atoms with van der Waals surface area (Å²) < 4.78 is 0. The molecule has 1 fully saturated rings. The second-order valence-electron chi connectivity index (χ2n) is 6.04. The van der Waals surface area contributed by atoms with Gasteiger partial charge in [-0.3, -0.25) is 0 Å². The molecule has 1 saturated carbocycles. The molecule has 0 heterocycles. The van der Waals surface area contributed by atoms with Gasteiger partial charge < -0.3 is 11.1 Å². The highest BCUT2D eigenvalue weighted by Gasteiger charge is 2.31. The van der Waals surface area contributed by atoms with Crippen molar-refractivity contribution < 1.29 is 0 Å². The average Bonchev–Trinajstić information content (AvgIpc) is 2.90. The molecule has 0 unspecified atom stereocenters. The van der Waals surface area contributed by atoms with E-state index in [9.17, 15) is 0 Å². The van der Waals surface area contributed by atoms with E-state index in [1.54, 1.807) is 0 Å². The number of hydrogen-bond acceptors (Lipinski definition) is 2. The number of hydrogen-bond donors (Lipinski definition) is 2. The fourth-order valence-corrected chi connectivity index (χ4v) is 3.30. The van der Waals surface area contributed by atoms with Gasteiger partial charge in [0.15, 0.2) is 0 Å². The molecule has 0 atom stereocenters. The van der Waals surface area contributed by atoms with E-state index in [1.807, 2.05) is 12.1 Å². The molecule has 1 aliphatic carbocycles. The Balaban J connectivity index is 1.66. The lowest BCUT2D eigenvalue weighted by atomic mass is 9.83. The average molecular weight is 260 g/mol. The first-order valence-electron chi connectivity index (χ1n) is 7.80. The third kappa shape index (κ3) is 3.97. The van der Waals surface area contributed by atoms with Gasteiger partial charge in [0.25, 0.3) is 0 Å². The Kier molecular flexibility index (Phi) is 5.26. The van der Waals surface area contributed by atoms with Gasteiger partial charge >= 0.3 is 0 Å². The summed E-state index contributed by atoms with van der Waals surface area (Å²) in [5.74, 6) is 0. The zero-order valence-corrected chi connectivity index (χ0v) is 12.3. The van der Waals surface area contributed by atoms with Gasteiger partial charge in [0.05, 0.1) is 0 Å². The molecule has 0 radical (unpaired) electrons. The lowest BCUT2D eigenvalue weighted by molar-refractivity contribution is 0.269. The normalized spacial score (nSPS) is 17.7. The molecule has 1 aromatic carbocycles. The molecule has 0 bridgehead atoms. The maximum atomic E-state index is 5.96. The minimum Gasteiger partial charge on any atom is -0.399 e. The number of rotatable bonds is 7. The van der Waals surface area contributed by atoms with Gasteiger partial charge in [0.2, 0.25) is 0 Å². The summed E-state index contributed by atoms with van der Waals surface area (Å²) in [7, 11) is 0. The van der Waals surface area contributed by atoms with E-state index in [0.29, 0.717) is 5.41 Å². The number of para-hydroxylation sites is 1. The number of nitrogens with one attached hydrogen (secondary N) is 1. The van der Waals surface area contributed by atoms with E-state index >= 15 is 0 Å². The molecule has 19 heavy (non-hydrogen) atoms. The van der Waals surface area contributed by atoms with Crippen LogP contribution in [-0.4, -0.2) is 13.1 Å². The van der Waals surface area contributed by atoms with Crippen molar-refractivity contribution in [3.05, 3.63) is 29.8 Å². The Bertz CT molecular complexity index is 381. The third-order valence-corrected chi connectivity index (χ3v) is 4.77. The highest BCUT2D eigenvalue weighted by atomic mass is 14.9. The van der Waals surface area contributed by atoms with Crippen LogP contribution in [0.3, 0.4) is 0 Å². The molecule has 1 aromatic rings. The van der Waals surface area contributed by atoms with Crippen LogP contribution in [0.15, 0.2) is 24.3 Å². The first-order chi connectivity index (χ1) is 9.26. The van der Waals surface area contributed by atoms with Crippen LogP contribution in [0.4, 0.5) is 5.69 Å². The van der Waals surface area contributed by atoms with Crippen molar-refractivity contribution in [1.29, 1.82) is 0 Å². The van der Waals surface area contributed by atoms with E-state index < -0.39 is 0 Å². The fraction of sp³-hybridized carbons (Fsp3) is 0.647. The quantitative estimate of drug-likeness (QED) is 0.578. The Morgan fingerprint density at radius 2 is 1.95 bits per heavy atom. The van der Waals surface area contributed by atoms with Crippen molar-refractivity contribution in [2.45, 2.75) is 51.9 Å². The van der Waals surface area contributed by atoms with Crippen LogP contribution in [0.1, 0.15) is 51.0 Å². The van der Waals surface area contributed by atoms with Crippen LogP contribution < -0.4 is 11.1 Å². The molecule has 0 aromatic heterocycles. The molecule has 2 nitrogen and oxygen atoms in total. The predicted molar refractivity (Wildman–Crippen MR) is 83.2 cm³/mol. The van der Waals surface area contributed by atoms with E-state index in [2.05, 4.69) is 24.4 Å². The Hall–Kier alpha value is -1.02. The second-order valence-corrected chi connectivity index (χ2v) is 6.04. The maximum Gasteiger partial charge on any atom is 0.0346 e. The summed E-state index contributed by atoms with van der Waals surface area (Å²) in [6, 6.07) is 8.21. The van der Waals surface area contributed by atoms with Crippen molar-refractivity contribution in [1.82, 2.24) is 5.32 Å². The summed E-state index contributed by atoms with van der Waals surface area (Å²) in [5, 5.41) is 3.67. The largest absolute Gasteiger partial charge is 0.399 e. The summed E-state index contributed by atoms with van der Waals surface area (Å²) in [6.07, 6.45) is 9.27. The minimum atomic E-state index is 0.603. The molecule has 0 amide bonds. The topological polar surface area (TPSA) is 38.0 Å². The van der Waals surface area contributed by atoms with Crippen LogP contribution in [-0.2, 0) is 6.42 Å². The predicted octanol–water partition coefficient (Wildman–Crippen LogP) is 3.76.